The summed E-state index contributed by atoms with van der Waals surface area (Å²) >= 11 is 13.4. The van der Waals surface area contributed by atoms with Crippen LogP contribution < -0.4 is 10.2 Å². The van der Waals surface area contributed by atoms with E-state index in [-0.39, 0.29) is 5.78 Å². The number of hydrazone groups is 1. The number of thiazole rings is 1. The molecule has 0 aliphatic heterocycles. The van der Waals surface area contributed by atoms with Gasteiger partial charge in [0, 0.05) is 6.92 Å². The van der Waals surface area contributed by atoms with E-state index in [1.54, 1.807) is 25.3 Å². The summed E-state index contributed by atoms with van der Waals surface area (Å²) in [5, 5.41) is 5.42. The Morgan fingerprint density at radius 3 is 2.55 bits per heavy atom. The van der Waals surface area contributed by atoms with E-state index in [1.807, 2.05) is 0 Å². The molecule has 2 aromatic rings. The van der Waals surface area contributed by atoms with E-state index in [1.165, 1.54) is 25.4 Å². The van der Waals surface area contributed by atoms with Gasteiger partial charge in [0.1, 0.15) is 0 Å². The predicted octanol–water partition coefficient (Wildman–Crippen LogP) is 4.42. The van der Waals surface area contributed by atoms with E-state index < -0.39 is 0 Å². The fourth-order valence-corrected chi connectivity index (χ4v) is 3.25. The zero-order valence-corrected chi connectivity index (χ0v) is 14.4. The Hall–Kier alpha value is -1.63. The van der Waals surface area contributed by atoms with E-state index in [0.717, 1.165) is 0 Å². The molecule has 0 aliphatic carbocycles. The molecule has 0 atom stereocenters. The second-order valence-electron chi connectivity index (χ2n) is 4.38. The number of methoxy groups -OCH3 is 1. The SMILES string of the molecule is COc1c(Cl)cc(/C=N\Nc2nc(C)c(C(C)=O)s2)cc1Cl. The number of hydrogen-bond acceptors (Lipinski definition) is 6. The van der Waals surface area contributed by atoms with Gasteiger partial charge < -0.3 is 4.74 Å². The van der Waals surface area contributed by atoms with Gasteiger partial charge in [0.15, 0.2) is 11.5 Å². The first-order valence-corrected chi connectivity index (χ1v) is 7.80. The Bertz CT molecular complexity index is 721. The average Bonchev–Trinajstić information content (AvgIpc) is 2.80. The van der Waals surface area contributed by atoms with Crippen molar-refractivity contribution in [2.75, 3.05) is 12.5 Å². The van der Waals surface area contributed by atoms with Crippen LogP contribution >= 0.6 is 34.5 Å². The fraction of sp³-hybridized carbons (Fsp3) is 0.214. The Kier molecular flexibility index (Phi) is 5.39. The van der Waals surface area contributed by atoms with Crippen molar-refractivity contribution in [1.29, 1.82) is 0 Å². The number of aromatic nitrogens is 1. The molecule has 0 aliphatic rings. The largest absolute Gasteiger partial charge is 0.494 e. The van der Waals surface area contributed by atoms with Crippen molar-refractivity contribution in [2.24, 2.45) is 5.10 Å². The predicted molar refractivity (Wildman–Crippen MR) is 91.1 cm³/mol. The lowest BCUT2D eigenvalue weighted by atomic mass is 10.2. The molecule has 116 valence electrons. The molecule has 0 saturated carbocycles. The molecule has 0 fully saturated rings. The van der Waals surface area contributed by atoms with Crippen molar-refractivity contribution < 1.29 is 9.53 Å². The number of anilines is 1. The van der Waals surface area contributed by atoms with Gasteiger partial charge in [0.05, 0.1) is 33.9 Å². The molecule has 0 bridgehead atoms. The van der Waals surface area contributed by atoms with Crippen molar-refractivity contribution in [3.05, 3.63) is 38.3 Å². The van der Waals surface area contributed by atoms with Gasteiger partial charge in [-0.05, 0) is 24.6 Å². The highest BCUT2D eigenvalue weighted by atomic mass is 35.5. The van der Waals surface area contributed by atoms with Gasteiger partial charge in [-0.15, -0.1) is 0 Å². The summed E-state index contributed by atoms with van der Waals surface area (Å²) in [6, 6.07) is 3.37. The van der Waals surface area contributed by atoms with Crippen molar-refractivity contribution in [2.45, 2.75) is 13.8 Å². The van der Waals surface area contributed by atoms with Crippen LogP contribution in [0, 0.1) is 6.92 Å². The van der Waals surface area contributed by atoms with Crippen molar-refractivity contribution >= 4 is 51.7 Å². The maximum Gasteiger partial charge on any atom is 0.204 e. The molecule has 8 heteroatoms. The number of benzene rings is 1. The van der Waals surface area contributed by atoms with E-state index >= 15 is 0 Å². The first kappa shape index (κ1) is 16.7. The molecule has 0 amide bonds. The van der Waals surface area contributed by atoms with Gasteiger partial charge in [0.2, 0.25) is 5.13 Å². The number of Topliss-reactive ketones (excluding diaryl/α,β-unsaturated/α-hetero) is 1. The second kappa shape index (κ2) is 7.09. The van der Waals surface area contributed by atoms with Gasteiger partial charge >= 0.3 is 0 Å². The number of hydrogen-bond donors (Lipinski definition) is 1. The summed E-state index contributed by atoms with van der Waals surface area (Å²) in [6.07, 6.45) is 1.56. The molecular weight excluding hydrogens is 345 g/mol. The van der Waals surface area contributed by atoms with E-state index in [0.29, 0.717) is 37.1 Å². The molecule has 1 aromatic heterocycles. The number of aryl methyl sites for hydroxylation is 1. The summed E-state index contributed by atoms with van der Waals surface area (Å²) in [5.41, 5.74) is 4.18. The van der Waals surface area contributed by atoms with Gasteiger partial charge in [0.25, 0.3) is 0 Å². The summed E-state index contributed by atoms with van der Waals surface area (Å²) in [5.74, 6) is 0.413. The minimum atomic E-state index is -0.0132. The highest BCUT2D eigenvalue weighted by molar-refractivity contribution is 7.17. The van der Waals surface area contributed by atoms with Crippen LogP contribution in [0.15, 0.2) is 17.2 Å². The second-order valence-corrected chi connectivity index (χ2v) is 6.19. The molecule has 1 heterocycles. The number of carbonyl (C=O) groups is 1. The van der Waals surface area contributed by atoms with Crippen LogP contribution in [0.2, 0.25) is 10.0 Å². The number of carbonyl (C=O) groups excluding carboxylic acids is 1. The topological polar surface area (TPSA) is 63.6 Å². The minimum absolute atomic E-state index is 0.0132. The third kappa shape index (κ3) is 3.76. The fourth-order valence-electron chi connectivity index (χ4n) is 1.78. The summed E-state index contributed by atoms with van der Waals surface area (Å²) < 4.78 is 5.08. The lowest BCUT2D eigenvalue weighted by Gasteiger charge is -2.06. The van der Waals surface area contributed by atoms with Gasteiger partial charge in [-0.2, -0.15) is 5.10 Å². The molecule has 5 nitrogen and oxygen atoms in total. The maximum absolute atomic E-state index is 11.4. The first-order chi connectivity index (χ1) is 10.4. The molecule has 2 rings (SSSR count). The molecule has 0 unspecified atom stereocenters. The number of ether oxygens (including phenoxy) is 1. The van der Waals surface area contributed by atoms with E-state index in [9.17, 15) is 4.79 Å². The molecule has 0 radical (unpaired) electrons. The summed E-state index contributed by atoms with van der Waals surface area (Å²) in [7, 11) is 1.50. The summed E-state index contributed by atoms with van der Waals surface area (Å²) in [4.78, 5) is 16.2. The standard InChI is InChI=1S/C14H13Cl2N3O2S/c1-7-13(8(2)20)22-14(18-7)19-17-6-9-4-10(15)12(21-3)11(16)5-9/h4-6H,1-3H3,(H,18,19)/b17-6-. The van der Waals surface area contributed by atoms with Crippen LogP contribution in [0.5, 0.6) is 5.75 Å². The van der Waals surface area contributed by atoms with E-state index in [2.05, 4.69) is 15.5 Å². The Morgan fingerprint density at radius 2 is 2.05 bits per heavy atom. The van der Waals surface area contributed by atoms with Gasteiger partial charge in [-0.25, -0.2) is 4.98 Å². The quantitative estimate of drug-likeness (QED) is 0.488. The molecule has 0 saturated heterocycles. The Morgan fingerprint density at radius 1 is 1.41 bits per heavy atom. The third-order valence-corrected chi connectivity index (χ3v) is 4.44. The highest BCUT2D eigenvalue weighted by Gasteiger charge is 2.11. The monoisotopic (exact) mass is 357 g/mol. The number of nitrogens with zero attached hydrogens (tertiary/aromatic N) is 2. The normalized spacial score (nSPS) is 11.0. The molecule has 1 aromatic carbocycles. The number of ketones is 1. The smallest absolute Gasteiger partial charge is 0.204 e. The Labute approximate surface area is 141 Å². The Balaban J connectivity index is 2.13. The van der Waals surface area contributed by atoms with Crippen LogP contribution in [0.4, 0.5) is 5.13 Å². The number of halogens is 2. The average molecular weight is 358 g/mol. The van der Waals surface area contributed by atoms with Crippen molar-refractivity contribution in [3.63, 3.8) is 0 Å². The van der Waals surface area contributed by atoms with Crippen molar-refractivity contribution in [1.82, 2.24) is 4.98 Å². The molecule has 1 N–H and O–H groups in total. The van der Waals surface area contributed by atoms with Gasteiger partial charge in [-0.3, -0.25) is 10.2 Å². The van der Waals surface area contributed by atoms with Crippen LogP contribution in [0.25, 0.3) is 0 Å². The third-order valence-electron chi connectivity index (χ3n) is 2.71. The zero-order chi connectivity index (χ0) is 16.3. The minimum Gasteiger partial charge on any atom is -0.494 e. The van der Waals surface area contributed by atoms with Crippen LogP contribution in [0.3, 0.4) is 0 Å². The van der Waals surface area contributed by atoms with E-state index in [4.69, 9.17) is 27.9 Å². The van der Waals surface area contributed by atoms with Crippen LogP contribution in [-0.4, -0.2) is 24.1 Å². The number of rotatable bonds is 5. The van der Waals surface area contributed by atoms with Crippen LogP contribution in [-0.2, 0) is 0 Å². The zero-order valence-electron chi connectivity index (χ0n) is 12.1. The highest BCUT2D eigenvalue weighted by Crippen LogP contribution is 2.33. The summed E-state index contributed by atoms with van der Waals surface area (Å²) in [6.45, 7) is 3.29. The van der Waals surface area contributed by atoms with Crippen molar-refractivity contribution in [3.8, 4) is 5.75 Å². The van der Waals surface area contributed by atoms with Gasteiger partial charge in [-0.1, -0.05) is 34.5 Å². The van der Waals surface area contributed by atoms with Crippen LogP contribution in [0.1, 0.15) is 27.9 Å². The lowest BCUT2D eigenvalue weighted by Crippen LogP contribution is -1.92. The molecule has 0 spiro atoms. The molecular formula is C14H13Cl2N3O2S. The lowest BCUT2D eigenvalue weighted by molar-refractivity contribution is 0.102. The number of nitrogens with one attached hydrogen (secondary N) is 1. The first-order valence-electron chi connectivity index (χ1n) is 6.23. The molecule has 22 heavy (non-hydrogen) atoms. The maximum atomic E-state index is 11.4.